The van der Waals surface area contributed by atoms with Crippen molar-refractivity contribution in [2.75, 3.05) is 13.1 Å². The molecule has 0 saturated carbocycles. The molecule has 4 rings (SSSR count). The van der Waals surface area contributed by atoms with Gasteiger partial charge in [-0.05, 0) is 31.0 Å². The summed E-state index contributed by atoms with van der Waals surface area (Å²) in [7, 11) is 0. The zero-order valence-corrected chi connectivity index (χ0v) is 17.6. The number of piperidine rings is 1. The fraction of sp³-hybridized carbons (Fsp3) is 0.400. The molecule has 2 aromatic carbocycles. The van der Waals surface area contributed by atoms with Crippen LogP contribution in [0.5, 0.6) is 5.75 Å². The first kappa shape index (κ1) is 20.3. The van der Waals surface area contributed by atoms with Crippen LogP contribution in [0, 0.1) is 13.8 Å². The first-order valence-corrected chi connectivity index (χ1v) is 10.6. The number of carbonyl (C=O) groups excluding carboxylic acids is 3. The topological polar surface area (TPSA) is 63.7 Å². The van der Waals surface area contributed by atoms with Crippen molar-refractivity contribution in [1.29, 1.82) is 0 Å². The highest BCUT2D eigenvalue weighted by Gasteiger charge is 2.44. The number of Topliss-reactive ketones (excluding diaryl/α,β-unsaturated/α-hetero) is 2. The van der Waals surface area contributed by atoms with E-state index in [0.717, 1.165) is 11.1 Å². The van der Waals surface area contributed by atoms with Crippen molar-refractivity contribution >= 4 is 17.5 Å². The van der Waals surface area contributed by atoms with E-state index in [1.54, 1.807) is 17.0 Å². The zero-order chi connectivity index (χ0) is 21.3. The Morgan fingerprint density at radius 1 is 1.03 bits per heavy atom. The molecule has 1 fully saturated rings. The summed E-state index contributed by atoms with van der Waals surface area (Å²) in [5, 5.41) is 0. The van der Waals surface area contributed by atoms with E-state index < -0.39 is 5.60 Å². The largest absolute Gasteiger partial charge is 0.486 e. The highest BCUT2D eigenvalue weighted by atomic mass is 16.5. The number of nitrogens with zero attached hydrogens (tertiary/aromatic N) is 1. The van der Waals surface area contributed by atoms with Gasteiger partial charge in [0.15, 0.2) is 11.6 Å². The van der Waals surface area contributed by atoms with E-state index in [1.165, 1.54) is 0 Å². The van der Waals surface area contributed by atoms with Crippen LogP contribution in [0.4, 0.5) is 0 Å². The van der Waals surface area contributed by atoms with E-state index in [-0.39, 0.29) is 30.3 Å². The standard InChI is InChI=1S/C25H27NO4/c1-17-14-18(2)24-20(15-17)22(28)16-25(30-24)10-12-26(13-11-25)23(29)9-8-21(27)19-6-4-3-5-7-19/h3-7,14-15H,8-13,16H2,1-2H3. The van der Waals surface area contributed by atoms with Gasteiger partial charge in [-0.3, -0.25) is 14.4 Å². The number of benzene rings is 2. The molecule has 2 heterocycles. The van der Waals surface area contributed by atoms with Crippen molar-refractivity contribution in [2.45, 2.75) is 51.6 Å². The zero-order valence-electron chi connectivity index (χ0n) is 17.6. The third-order valence-corrected chi connectivity index (χ3v) is 6.21. The summed E-state index contributed by atoms with van der Waals surface area (Å²) in [5.41, 5.74) is 2.83. The van der Waals surface area contributed by atoms with E-state index in [9.17, 15) is 14.4 Å². The SMILES string of the molecule is Cc1cc(C)c2c(c1)C(=O)CC1(CCN(C(=O)CCC(=O)c3ccccc3)CC1)O2. The van der Waals surface area contributed by atoms with Gasteiger partial charge in [0.05, 0.1) is 12.0 Å². The van der Waals surface area contributed by atoms with Crippen LogP contribution in [0.1, 0.15) is 63.9 Å². The summed E-state index contributed by atoms with van der Waals surface area (Å²) in [5.74, 6) is 0.797. The first-order valence-electron chi connectivity index (χ1n) is 10.6. The third kappa shape index (κ3) is 4.02. The Morgan fingerprint density at radius 3 is 2.43 bits per heavy atom. The average molecular weight is 405 g/mol. The van der Waals surface area contributed by atoms with Gasteiger partial charge in [-0.15, -0.1) is 0 Å². The minimum atomic E-state index is -0.527. The molecule has 1 spiro atoms. The molecule has 0 N–H and O–H groups in total. The van der Waals surface area contributed by atoms with Crippen molar-refractivity contribution in [1.82, 2.24) is 4.90 Å². The molecule has 0 aliphatic carbocycles. The molecule has 5 nitrogen and oxygen atoms in total. The van der Waals surface area contributed by atoms with E-state index in [4.69, 9.17) is 4.74 Å². The van der Waals surface area contributed by atoms with Crippen molar-refractivity contribution in [2.24, 2.45) is 0 Å². The quantitative estimate of drug-likeness (QED) is 0.712. The predicted octanol–water partition coefficient (Wildman–Crippen LogP) is 4.29. The maximum atomic E-state index is 12.8. The Labute approximate surface area is 177 Å². The smallest absolute Gasteiger partial charge is 0.223 e. The van der Waals surface area contributed by atoms with Gasteiger partial charge in [0.1, 0.15) is 11.4 Å². The highest BCUT2D eigenvalue weighted by Crippen LogP contribution is 2.41. The Bertz CT molecular complexity index is 988. The van der Waals surface area contributed by atoms with Gasteiger partial charge in [0.25, 0.3) is 0 Å². The molecule has 1 amide bonds. The molecule has 0 radical (unpaired) electrons. The summed E-state index contributed by atoms with van der Waals surface area (Å²) in [6.07, 6.45) is 2.04. The predicted molar refractivity (Wildman–Crippen MR) is 114 cm³/mol. The Morgan fingerprint density at radius 2 is 1.73 bits per heavy atom. The van der Waals surface area contributed by atoms with Gasteiger partial charge in [0.2, 0.25) is 5.91 Å². The van der Waals surface area contributed by atoms with E-state index >= 15 is 0 Å². The lowest BCUT2D eigenvalue weighted by Crippen LogP contribution is -2.52. The Hall–Kier alpha value is -2.95. The summed E-state index contributed by atoms with van der Waals surface area (Å²) >= 11 is 0. The van der Waals surface area contributed by atoms with Crippen LogP contribution in [0.15, 0.2) is 42.5 Å². The highest BCUT2D eigenvalue weighted by molar-refractivity contribution is 6.01. The Kier molecular flexibility index (Phi) is 5.46. The number of fused-ring (bicyclic) bond motifs is 1. The first-order chi connectivity index (χ1) is 14.4. The lowest BCUT2D eigenvalue weighted by atomic mass is 9.81. The maximum Gasteiger partial charge on any atom is 0.223 e. The van der Waals surface area contributed by atoms with Gasteiger partial charge in [-0.1, -0.05) is 36.4 Å². The van der Waals surface area contributed by atoms with Gasteiger partial charge in [-0.25, -0.2) is 0 Å². The van der Waals surface area contributed by atoms with Crippen molar-refractivity contribution in [3.8, 4) is 5.75 Å². The second-order valence-electron chi connectivity index (χ2n) is 8.51. The summed E-state index contributed by atoms with van der Waals surface area (Å²) in [6, 6.07) is 13.0. The number of rotatable bonds is 4. The maximum absolute atomic E-state index is 12.8. The number of likely N-dealkylation sites (tertiary alicyclic amines) is 1. The molecule has 0 bridgehead atoms. The molecule has 156 valence electrons. The number of hydrogen-bond acceptors (Lipinski definition) is 4. The van der Waals surface area contributed by atoms with Crippen LogP contribution < -0.4 is 4.74 Å². The van der Waals surface area contributed by atoms with E-state index in [2.05, 4.69) is 0 Å². The molecule has 1 saturated heterocycles. The van der Waals surface area contributed by atoms with E-state index in [0.29, 0.717) is 49.2 Å². The molecule has 2 aliphatic rings. The molecule has 2 aliphatic heterocycles. The van der Waals surface area contributed by atoms with E-state index in [1.807, 2.05) is 44.2 Å². The number of hydrogen-bond donors (Lipinski definition) is 0. The second kappa shape index (κ2) is 8.05. The second-order valence-corrected chi connectivity index (χ2v) is 8.51. The minimum absolute atomic E-state index is 0.0107. The van der Waals surface area contributed by atoms with Crippen molar-refractivity contribution in [3.05, 3.63) is 64.7 Å². The van der Waals surface area contributed by atoms with Gasteiger partial charge in [0, 0.05) is 44.3 Å². The summed E-state index contributed by atoms with van der Waals surface area (Å²) in [4.78, 5) is 39.5. The van der Waals surface area contributed by atoms with Crippen LogP contribution >= 0.6 is 0 Å². The average Bonchev–Trinajstić information content (AvgIpc) is 2.74. The van der Waals surface area contributed by atoms with Gasteiger partial charge >= 0.3 is 0 Å². The third-order valence-electron chi connectivity index (χ3n) is 6.21. The Balaban J connectivity index is 1.36. The fourth-order valence-corrected chi connectivity index (χ4v) is 4.53. The normalized spacial score (nSPS) is 17.4. The van der Waals surface area contributed by atoms with Crippen molar-refractivity contribution < 1.29 is 19.1 Å². The van der Waals surface area contributed by atoms with Crippen LogP contribution in [0.2, 0.25) is 0 Å². The molecule has 2 aromatic rings. The number of carbonyl (C=O) groups is 3. The van der Waals surface area contributed by atoms with Crippen LogP contribution in [-0.4, -0.2) is 41.1 Å². The molecule has 0 aromatic heterocycles. The van der Waals surface area contributed by atoms with Crippen LogP contribution in [0.25, 0.3) is 0 Å². The lowest BCUT2D eigenvalue weighted by Gasteiger charge is -2.44. The monoisotopic (exact) mass is 405 g/mol. The number of ether oxygens (including phenoxy) is 1. The van der Waals surface area contributed by atoms with Gasteiger partial charge < -0.3 is 9.64 Å². The number of amides is 1. The number of aryl methyl sites for hydroxylation is 2. The molecular formula is C25H27NO4. The molecule has 30 heavy (non-hydrogen) atoms. The molecule has 0 unspecified atom stereocenters. The fourth-order valence-electron chi connectivity index (χ4n) is 4.53. The van der Waals surface area contributed by atoms with Crippen LogP contribution in [-0.2, 0) is 4.79 Å². The van der Waals surface area contributed by atoms with Crippen molar-refractivity contribution in [3.63, 3.8) is 0 Å². The minimum Gasteiger partial charge on any atom is -0.486 e. The lowest BCUT2D eigenvalue weighted by molar-refractivity contribution is -0.134. The summed E-state index contributed by atoms with van der Waals surface area (Å²) < 4.78 is 6.39. The van der Waals surface area contributed by atoms with Gasteiger partial charge in [-0.2, -0.15) is 0 Å². The molecule has 5 heteroatoms. The summed E-state index contributed by atoms with van der Waals surface area (Å²) in [6.45, 7) is 5.05. The van der Waals surface area contributed by atoms with Crippen LogP contribution in [0.3, 0.4) is 0 Å². The number of ketones is 2. The molecular weight excluding hydrogens is 378 g/mol. The molecule has 0 atom stereocenters.